The number of ether oxygens (including phenoxy) is 7. The third-order valence-corrected chi connectivity index (χ3v) is 14.8. The zero-order chi connectivity index (χ0) is 54.0. The molecule has 0 radical (unpaired) electrons. The van der Waals surface area contributed by atoms with Crippen LogP contribution in [0.4, 0.5) is 15.3 Å². The molecule has 0 unspecified atom stereocenters. The molecular weight excluding hydrogens is 971 g/mol. The summed E-state index contributed by atoms with van der Waals surface area (Å²) in [4.78, 5) is 36.6. The maximum absolute atomic E-state index is 14.9. The molecule has 2 amide bonds. The summed E-state index contributed by atoms with van der Waals surface area (Å²) in [6.45, 7) is 6.92. The van der Waals surface area contributed by atoms with Gasteiger partial charge in [0, 0.05) is 43.7 Å². The van der Waals surface area contributed by atoms with Crippen molar-refractivity contribution in [1.82, 2.24) is 4.90 Å². The van der Waals surface area contributed by atoms with Crippen molar-refractivity contribution in [2.45, 2.75) is 140 Å². The predicted octanol–water partition coefficient (Wildman–Crippen LogP) is 11.5. The number of fused-ring (bicyclic) bond motifs is 2. The average Bonchev–Trinajstić information content (AvgIpc) is 3.43. The minimum absolute atomic E-state index is 0.0292. The zero-order valence-electron chi connectivity index (χ0n) is 45.3. The lowest BCUT2D eigenvalue weighted by atomic mass is 9.55. The summed E-state index contributed by atoms with van der Waals surface area (Å²) < 4.78 is 43.5. The quantitative estimate of drug-likeness (QED) is 0.0247. The van der Waals surface area contributed by atoms with Gasteiger partial charge in [-0.25, -0.2) is 9.59 Å². The molecule has 2 aliphatic carbocycles. The first kappa shape index (κ1) is 59.6. The molecule has 1 heterocycles. The number of hydrogen-bond acceptors (Lipinski definition) is 14. The number of carbonyl (C=O) groups excluding carboxylic acids is 2. The molecule has 4 N–H and O–H groups in total. The zero-order valence-corrected chi connectivity index (χ0v) is 45.3. The number of benzene rings is 3. The van der Waals surface area contributed by atoms with Crippen LogP contribution in [0.1, 0.15) is 133 Å². The van der Waals surface area contributed by atoms with Crippen LogP contribution >= 0.6 is 0 Å². The van der Waals surface area contributed by atoms with E-state index in [2.05, 4.69) is 24.9 Å². The van der Waals surface area contributed by atoms with E-state index in [1.165, 1.54) is 45.6 Å². The number of nitrogens with zero attached hydrogens (tertiary/aromatic N) is 2. The number of nitrogens with one attached hydrogen (secondary N) is 1. The highest BCUT2D eigenvalue weighted by Crippen LogP contribution is 2.62. The van der Waals surface area contributed by atoms with Crippen molar-refractivity contribution in [2.24, 2.45) is 22.9 Å². The van der Waals surface area contributed by atoms with E-state index >= 15 is 0 Å². The number of allylic oxidation sites excluding steroid dienone is 1. The number of amides is 2. The van der Waals surface area contributed by atoms with E-state index in [9.17, 15) is 24.9 Å². The Morgan fingerprint density at radius 3 is 2.24 bits per heavy atom. The number of rotatable bonds is 35. The topological polar surface area (TPSA) is 196 Å². The smallest absolute Gasteiger partial charge is 0.417 e. The Morgan fingerprint density at radius 1 is 0.816 bits per heavy atom. The number of aliphatic hydroxyl groups is 3. The van der Waals surface area contributed by atoms with E-state index < -0.39 is 35.9 Å². The highest BCUT2D eigenvalue weighted by Gasteiger charge is 2.65. The Kier molecular flexibility index (Phi) is 25.2. The van der Waals surface area contributed by atoms with Crippen molar-refractivity contribution in [3.63, 3.8) is 0 Å². The van der Waals surface area contributed by atoms with Gasteiger partial charge in [-0.1, -0.05) is 125 Å². The molecule has 76 heavy (non-hydrogen) atoms. The monoisotopic (exact) mass is 1060 g/mol. The molecule has 0 spiro atoms. The molecule has 6 atom stereocenters. The Hall–Kier alpha value is -5.65. The maximum Gasteiger partial charge on any atom is 0.417 e. The van der Waals surface area contributed by atoms with Crippen molar-refractivity contribution in [2.75, 3.05) is 72.3 Å². The van der Waals surface area contributed by atoms with Crippen LogP contribution in [0.3, 0.4) is 0 Å². The number of unbranched alkanes of at least 4 members (excludes halogenated alkanes) is 11. The van der Waals surface area contributed by atoms with Crippen LogP contribution in [0, 0.1) is 17.8 Å². The first-order valence-corrected chi connectivity index (χ1v) is 27.8. The van der Waals surface area contributed by atoms with Crippen molar-refractivity contribution in [3.8, 4) is 23.0 Å². The van der Waals surface area contributed by atoms with Crippen LogP contribution in [0.15, 0.2) is 96.2 Å². The van der Waals surface area contributed by atoms with Crippen LogP contribution in [-0.2, 0) is 25.7 Å². The Bertz CT molecular complexity index is 2290. The molecule has 3 aromatic rings. The van der Waals surface area contributed by atoms with E-state index in [0.717, 1.165) is 48.8 Å². The number of oxime groups is 1. The fourth-order valence-electron chi connectivity index (χ4n) is 11.2. The Labute approximate surface area is 450 Å². The number of aliphatic hydroxyl groups excluding tert-OH is 3. The van der Waals surface area contributed by atoms with Gasteiger partial charge in [0.1, 0.15) is 35.6 Å². The van der Waals surface area contributed by atoms with E-state index in [0.29, 0.717) is 60.8 Å². The van der Waals surface area contributed by atoms with Crippen LogP contribution < -0.4 is 24.3 Å². The molecular formula is C60H85N3O13. The molecule has 1 fully saturated rings. The first-order valence-electron chi connectivity index (χ1n) is 27.8. The Morgan fingerprint density at radius 2 is 1.54 bits per heavy atom. The molecule has 1 aliphatic heterocycles. The summed E-state index contributed by atoms with van der Waals surface area (Å²) in [6, 6.07) is 19.3. The number of anilines is 1. The molecule has 1 saturated carbocycles. The maximum atomic E-state index is 14.9. The molecule has 16 nitrogen and oxygen atoms in total. The summed E-state index contributed by atoms with van der Waals surface area (Å²) in [5.74, 6) is -1.02. The van der Waals surface area contributed by atoms with Crippen LogP contribution in [0.25, 0.3) is 0 Å². The van der Waals surface area contributed by atoms with Gasteiger partial charge in [0.2, 0.25) is 5.79 Å². The minimum Gasteiger partial charge on any atom is -0.497 e. The summed E-state index contributed by atoms with van der Waals surface area (Å²) in [5.41, 5.74) is 3.55. The molecule has 0 bridgehead atoms. The summed E-state index contributed by atoms with van der Waals surface area (Å²) in [5, 5.41) is 37.6. The molecule has 3 aromatic carbocycles. The van der Waals surface area contributed by atoms with Gasteiger partial charge in [0.15, 0.2) is 0 Å². The van der Waals surface area contributed by atoms with Gasteiger partial charge in [0.25, 0.3) is 0 Å². The highest BCUT2D eigenvalue weighted by atomic mass is 16.7. The largest absolute Gasteiger partial charge is 0.497 e. The second-order valence-corrected chi connectivity index (χ2v) is 19.9. The lowest BCUT2D eigenvalue weighted by Crippen LogP contribution is -2.70. The van der Waals surface area contributed by atoms with Crippen LogP contribution in [-0.4, -0.2) is 117 Å². The standard InChI is InChI=1S/C60H85N3O13/c1-5-7-8-9-10-11-12-13-14-22-36-72-59(68)63(31-37-71-38-34-66)55-42-52(62-74-43-44-23-16-15-17-24-44)49-39-45(25-18-20-32-64)48(26-19-21-33-65)56-50-40-47(28-30-53(50)76-60(55,57(49)56)73-35-6-2)75-58(67)61-51-29-27-46(69-3)41-54(51)70-4/h6,15-17,23-24,27-30,39-41,45,48,55-57,64-66H,2,5,7-14,18-22,25-26,31-38,42-43H2,1,3-4H3,(H,61,67)/t45-,48+,55-,56+,57+,60+/m0/s1. The molecule has 0 saturated heterocycles. The normalized spacial score (nSPS) is 20.8. The van der Waals surface area contributed by atoms with E-state index in [1.807, 2.05) is 36.4 Å². The minimum atomic E-state index is -1.57. The van der Waals surface area contributed by atoms with Crippen LogP contribution in [0.2, 0.25) is 0 Å². The molecule has 16 heteroatoms. The fraction of sp³-hybridized carbons (Fsp3) is 0.583. The van der Waals surface area contributed by atoms with Gasteiger partial charge in [0.05, 0.1) is 64.6 Å². The summed E-state index contributed by atoms with van der Waals surface area (Å²) in [7, 11) is 3.05. The molecule has 0 aromatic heterocycles. The van der Waals surface area contributed by atoms with Gasteiger partial charge in [-0.3, -0.25) is 10.2 Å². The SMILES string of the molecule is C=CCO[C@@]12Oc3ccc(OC(=O)Nc4ccc(OC)cc4OC)cc3[C@H]3[C@H](CCCCO)[C@@H](CCCCO)C=C(C(=NOCc4ccccc4)C[C@@H]1N(CCOCCO)C(=O)OCCCCCCCCCCCC)[C@H]32. The summed E-state index contributed by atoms with van der Waals surface area (Å²) in [6.07, 6.45) is 18.3. The molecule has 418 valence electrons. The highest BCUT2D eigenvalue weighted by molar-refractivity contribution is 6.03. The van der Waals surface area contributed by atoms with E-state index in [1.54, 1.807) is 48.4 Å². The second-order valence-electron chi connectivity index (χ2n) is 19.9. The van der Waals surface area contributed by atoms with Gasteiger partial charge >= 0.3 is 12.2 Å². The predicted molar refractivity (Wildman–Crippen MR) is 293 cm³/mol. The third kappa shape index (κ3) is 16.4. The van der Waals surface area contributed by atoms with Gasteiger partial charge < -0.3 is 53.3 Å². The second kappa shape index (κ2) is 32.2. The lowest BCUT2D eigenvalue weighted by molar-refractivity contribution is -0.256. The third-order valence-electron chi connectivity index (χ3n) is 14.8. The lowest BCUT2D eigenvalue weighted by Gasteiger charge is -2.59. The number of carbonyl (C=O) groups is 2. The van der Waals surface area contributed by atoms with Gasteiger partial charge in [-0.05, 0) is 85.4 Å². The van der Waals surface area contributed by atoms with Crippen molar-refractivity contribution in [1.29, 1.82) is 0 Å². The van der Waals surface area contributed by atoms with Crippen LogP contribution in [0.5, 0.6) is 23.0 Å². The summed E-state index contributed by atoms with van der Waals surface area (Å²) >= 11 is 0. The average molecular weight is 1060 g/mol. The van der Waals surface area contributed by atoms with Crippen molar-refractivity contribution < 1.29 is 62.9 Å². The fourth-order valence-corrected chi connectivity index (χ4v) is 11.2. The molecule has 6 rings (SSSR count). The number of hydrogen-bond donors (Lipinski definition) is 4. The first-order chi connectivity index (χ1) is 37.2. The van der Waals surface area contributed by atoms with Gasteiger partial charge in [-0.2, -0.15) is 0 Å². The Balaban J connectivity index is 1.45. The van der Waals surface area contributed by atoms with E-state index in [4.69, 9.17) is 43.2 Å². The van der Waals surface area contributed by atoms with Crippen molar-refractivity contribution in [3.05, 3.63) is 102 Å². The number of methoxy groups -OCH3 is 2. The van der Waals surface area contributed by atoms with Crippen molar-refractivity contribution >= 4 is 23.6 Å². The van der Waals surface area contributed by atoms with Gasteiger partial charge in [-0.15, -0.1) is 6.58 Å². The van der Waals surface area contributed by atoms with E-state index in [-0.39, 0.29) is 83.4 Å². The molecule has 3 aliphatic rings.